The number of methoxy groups -OCH3 is 1. The largest absolute Gasteiger partial charge is 0.497 e. The smallest absolute Gasteiger partial charge is 0.490 e. The number of rotatable bonds is 5. The fourth-order valence-electron chi connectivity index (χ4n) is 3.03. The monoisotopic (exact) mass is 458 g/mol. The third-order valence-corrected chi connectivity index (χ3v) is 4.55. The van der Waals surface area contributed by atoms with Crippen molar-refractivity contribution in [1.29, 1.82) is 5.26 Å². The van der Waals surface area contributed by atoms with Crippen LogP contribution in [0, 0.1) is 11.3 Å². The standard InChI is InChI=1S/C19H16N6O.C2HF3O2/c1-26-15-4-2-3-13(9-15)17(5-7-20)25-11-14(10-24-25)18-16-6-8-21-19(16)23-12-22-18;3-2(4,5)1(6)7/h2-4,6,8-12,17H,5H2,1H3,(H,21,22,23);(H,6,7). The summed E-state index contributed by atoms with van der Waals surface area (Å²) in [4.78, 5) is 20.6. The van der Waals surface area contributed by atoms with Gasteiger partial charge in [0.15, 0.2) is 0 Å². The molecule has 12 heteroatoms. The van der Waals surface area contributed by atoms with E-state index in [0.717, 1.165) is 33.6 Å². The van der Waals surface area contributed by atoms with E-state index in [1.807, 2.05) is 42.7 Å². The summed E-state index contributed by atoms with van der Waals surface area (Å²) in [6, 6.07) is 11.7. The molecule has 0 spiro atoms. The number of ether oxygens (including phenoxy) is 1. The third-order valence-electron chi connectivity index (χ3n) is 4.55. The van der Waals surface area contributed by atoms with Crippen molar-refractivity contribution in [2.75, 3.05) is 7.11 Å². The van der Waals surface area contributed by atoms with Gasteiger partial charge in [-0.05, 0) is 23.8 Å². The van der Waals surface area contributed by atoms with Gasteiger partial charge in [0.05, 0.1) is 37.5 Å². The maximum absolute atomic E-state index is 10.6. The third kappa shape index (κ3) is 5.45. The fourth-order valence-corrected chi connectivity index (χ4v) is 3.03. The highest BCUT2D eigenvalue weighted by Crippen LogP contribution is 2.29. The van der Waals surface area contributed by atoms with Crippen LogP contribution in [0.25, 0.3) is 22.3 Å². The number of nitrogens with one attached hydrogen (secondary N) is 1. The number of nitrogens with zero attached hydrogens (tertiary/aromatic N) is 5. The molecule has 0 aliphatic carbocycles. The maximum Gasteiger partial charge on any atom is 0.490 e. The minimum atomic E-state index is -5.08. The number of aliphatic carboxylic acids is 1. The quantitative estimate of drug-likeness (QED) is 0.463. The van der Waals surface area contributed by atoms with E-state index in [4.69, 9.17) is 14.6 Å². The highest BCUT2D eigenvalue weighted by atomic mass is 19.4. The Labute approximate surface area is 185 Å². The minimum absolute atomic E-state index is 0.201. The zero-order valence-electron chi connectivity index (χ0n) is 17.1. The lowest BCUT2D eigenvalue weighted by molar-refractivity contribution is -0.192. The first-order valence-electron chi connectivity index (χ1n) is 9.38. The normalized spacial score (nSPS) is 11.8. The van der Waals surface area contributed by atoms with Crippen LogP contribution in [-0.2, 0) is 4.79 Å². The van der Waals surface area contributed by atoms with Crippen molar-refractivity contribution in [1.82, 2.24) is 24.7 Å². The van der Waals surface area contributed by atoms with E-state index in [0.29, 0.717) is 6.42 Å². The lowest BCUT2D eigenvalue weighted by Crippen LogP contribution is -2.21. The average Bonchev–Trinajstić information content (AvgIpc) is 3.47. The molecule has 1 unspecified atom stereocenters. The molecule has 1 aromatic carbocycles. The van der Waals surface area contributed by atoms with Crippen LogP contribution >= 0.6 is 0 Å². The second-order valence-electron chi connectivity index (χ2n) is 6.63. The summed E-state index contributed by atoms with van der Waals surface area (Å²) in [5.41, 5.74) is 3.44. The van der Waals surface area contributed by atoms with E-state index in [2.05, 4.69) is 26.1 Å². The molecule has 0 amide bonds. The Kier molecular flexibility index (Phi) is 6.92. The Hall–Kier alpha value is -4.40. The number of carboxylic acids is 1. The van der Waals surface area contributed by atoms with Crippen LogP contribution < -0.4 is 4.74 Å². The number of H-pyrrole nitrogens is 1. The van der Waals surface area contributed by atoms with Crippen LogP contribution in [0.4, 0.5) is 13.2 Å². The predicted octanol–water partition coefficient (Wildman–Crippen LogP) is 3.97. The summed E-state index contributed by atoms with van der Waals surface area (Å²) < 4.78 is 38.8. The van der Waals surface area contributed by atoms with Gasteiger partial charge < -0.3 is 14.8 Å². The van der Waals surface area contributed by atoms with Gasteiger partial charge in [-0.25, -0.2) is 14.8 Å². The van der Waals surface area contributed by atoms with E-state index >= 15 is 0 Å². The molecule has 2 N–H and O–H groups in total. The fraction of sp³-hybridized carbons (Fsp3) is 0.190. The number of halogens is 3. The summed E-state index contributed by atoms with van der Waals surface area (Å²) in [5.74, 6) is -2.00. The molecular formula is C21H17F3N6O3. The van der Waals surface area contributed by atoms with Gasteiger partial charge in [-0.1, -0.05) is 12.1 Å². The van der Waals surface area contributed by atoms with Crippen LogP contribution in [0.2, 0.25) is 0 Å². The molecule has 33 heavy (non-hydrogen) atoms. The van der Waals surface area contributed by atoms with Crippen LogP contribution in [0.3, 0.4) is 0 Å². The lowest BCUT2D eigenvalue weighted by atomic mass is 10.0. The zero-order chi connectivity index (χ0) is 24.0. The van der Waals surface area contributed by atoms with E-state index in [1.54, 1.807) is 18.0 Å². The Morgan fingerprint density at radius 3 is 2.76 bits per heavy atom. The topological polar surface area (TPSA) is 130 Å². The average molecular weight is 458 g/mol. The number of carbonyl (C=O) groups is 1. The van der Waals surface area contributed by atoms with E-state index in [9.17, 15) is 18.4 Å². The van der Waals surface area contributed by atoms with Crippen molar-refractivity contribution in [3.63, 3.8) is 0 Å². The summed E-state index contributed by atoms with van der Waals surface area (Å²) >= 11 is 0. The van der Waals surface area contributed by atoms with E-state index in [1.165, 1.54) is 6.33 Å². The molecule has 0 bridgehead atoms. The van der Waals surface area contributed by atoms with Crippen LogP contribution in [0.5, 0.6) is 5.75 Å². The molecule has 0 aliphatic rings. The summed E-state index contributed by atoms with van der Waals surface area (Å²) in [6.45, 7) is 0. The summed E-state index contributed by atoms with van der Waals surface area (Å²) in [5, 5.41) is 21.8. The molecule has 0 saturated heterocycles. The number of aromatic amines is 1. The van der Waals surface area contributed by atoms with Crippen molar-refractivity contribution in [3.05, 3.63) is 60.8 Å². The van der Waals surface area contributed by atoms with Gasteiger partial charge in [-0.15, -0.1) is 0 Å². The van der Waals surface area contributed by atoms with Crippen molar-refractivity contribution < 1.29 is 27.8 Å². The SMILES string of the molecule is COc1cccc(C(CC#N)n2cc(-c3ncnc4[nH]ccc34)cn2)c1.O=C(O)C(F)(F)F. The molecule has 0 saturated carbocycles. The van der Waals surface area contributed by atoms with Crippen LogP contribution in [0.15, 0.2) is 55.2 Å². The van der Waals surface area contributed by atoms with Gasteiger partial charge in [0.1, 0.15) is 17.7 Å². The predicted molar refractivity (Wildman–Crippen MR) is 110 cm³/mol. The first kappa shape index (κ1) is 23.3. The first-order valence-corrected chi connectivity index (χ1v) is 9.38. The van der Waals surface area contributed by atoms with Gasteiger partial charge in [0.2, 0.25) is 0 Å². The molecule has 170 valence electrons. The molecule has 1 atom stereocenters. The van der Waals surface area contributed by atoms with E-state index < -0.39 is 12.1 Å². The van der Waals surface area contributed by atoms with Crippen LogP contribution in [-0.4, -0.2) is 49.1 Å². The summed E-state index contributed by atoms with van der Waals surface area (Å²) in [7, 11) is 1.63. The number of hydrogen-bond donors (Lipinski definition) is 2. The highest BCUT2D eigenvalue weighted by Gasteiger charge is 2.38. The zero-order valence-corrected chi connectivity index (χ0v) is 17.1. The number of aromatic nitrogens is 5. The number of fused-ring (bicyclic) bond motifs is 1. The van der Waals surface area contributed by atoms with Gasteiger partial charge >= 0.3 is 12.1 Å². The molecule has 0 aliphatic heterocycles. The molecular weight excluding hydrogens is 441 g/mol. The Morgan fingerprint density at radius 1 is 1.33 bits per heavy atom. The summed E-state index contributed by atoms with van der Waals surface area (Å²) in [6.07, 6.45) is 2.26. The van der Waals surface area contributed by atoms with Gasteiger partial charge in [0.25, 0.3) is 0 Å². The maximum atomic E-state index is 10.6. The molecule has 9 nitrogen and oxygen atoms in total. The molecule has 4 aromatic rings. The number of carboxylic acid groups (broad SMARTS) is 1. The van der Waals surface area contributed by atoms with E-state index in [-0.39, 0.29) is 6.04 Å². The van der Waals surface area contributed by atoms with Crippen molar-refractivity contribution in [2.24, 2.45) is 0 Å². The second-order valence-corrected chi connectivity index (χ2v) is 6.63. The number of benzene rings is 1. The van der Waals surface area contributed by atoms with Gasteiger partial charge in [-0.2, -0.15) is 23.5 Å². The molecule has 3 aromatic heterocycles. The minimum Gasteiger partial charge on any atom is -0.497 e. The highest BCUT2D eigenvalue weighted by molar-refractivity contribution is 5.90. The van der Waals surface area contributed by atoms with Crippen molar-refractivity contribution in [3.8, 4) is 23.1 Å². The molecule has 4 rings (SSSR count). The lowest BCUT2D eigenvalue weighted by Gasteiger charge is -2.15. The number of alkyl halides is 3. The van der Waals surface area contributed by atoms with Crippen molar-refractivity contribution >= 4 is 17.0 Å². The Morgan fingerprint density at radius 2 is 2.09 bits per heavy atom. The Bertz CT molecular complexity index is 1290. The van der Waals surface area contributed by atoms with Gasteiger partial charge in [0, 0.05) is 23.3 Å². The van der Waals surface area contributed by atoms with Crippen molar-refractivity contribution in [2.45, 2.75) is 18.6 Å². The second kappa shape index (κ2) is 9.82. The molecule has 0 radical (unpaired) electrons. The number of hydrogen-bond acceptors (Lipinski definition) is 6. The number of nitriles is 1. The molecule has 3 heterocycles. The van der Waals surface area contributed by atoms with Gasteiger partial charge in [-0.3, -0.25) is 4.68 Å². The molecule has 0 fully saturated rings. The first-order chi connectivity index (χ1) is 15.7. The van der Waals surface area contributed by atoms with Crippen LogP contribution in [0.1, 0.15) is 18.0 Å². The Balaban J connectivity index is 0.000000383.